The smallest absolute Gasteiger partial charge is 0.0568 e. The van der Waals surface area contributed by atoms with E-state index in [4.69, 9.17) is 0 Å². The van der Waals surface area contributed by atoms with E-state index in [1.807, 2.05) is 11.1 Å². The Bertz CT molecular complexity index is 725. The lowest BCUT2D eigenvalue weighted by Gasteiger charge is -2.58. The Morgan fingerprint density at radius 1 is 1.03 bits per heavy atom. The van der Waals surface area contributed by atoms with Crippen LogP contribution >= 0.6 is 0 Å². The van der Waals surface area contributed by atoms with Gasteiger partial charge in [-0.2, -0.15) is 0 Å². The highest BCUT2D eigenvalue weighted by molar-refractivity contribution is 5.35. The molecule has 0 aromatic carbocycles. The van der Waals surface area contributed by atoms with Crippen molar-refractivity contribution in [3.05, 3.63) is 22.3 Å². The zero-order valence-corrected chi connectivity index (χ0v) is 21.0. The minimum absolute atomic E-state index is 0.0629. The first-order chi connectivity index (χ1) is 14.1. The van der Waals surface area contributed by atoms with E-state index in [0.717, 1.165) is 30.1 Å². The predicted octanol–water partition coefficient (Wildman–Crippen LogP) is 8.09. The van der Waals surface area contributed by atoms with E-state index in [1.165, 1.54) is 63.4 Å². The summed E-state index contributed by atoms with van der Waals surface area (Å²) >= 11 is 0. The van der Waals surface area contributed by atoms with Crippen LogP contribution in [-0.4, -0.2) is 11.2 Å². The molecule has 0 unspecified atom stereocenters. The molecule has 0 spiro atoms. The second-order valence-corrected chi connectivity index (χ2v) is 12.6. The third kappa shape index (κ3) is 3.46. The predicted molar refractivity (Wildman–Crippen MR) is 128 cm³/mol. The molecule has 0 aromatic heterocycles. The Kier molecular flexibility index (Phi) is 6.10. The standard InChI is InChI=1S/C29H48O/c1-18(2)19(3)8-9-20(4)23-12-13-25-22-10-11-24-21(5)27(30)15-17-29(24,7)26(22)14-16-28(23,25)6/h20-21,23-24,26-27,30H,8-17H2,1-7H3/t20-,21+,23-,24+,26+,27+,28-,29+/m1/s1. The lowest BCUT2D eigenvalue weighted by molar-refractivity contribution is -0.0779. The van der Waals surface area contributed by atoms with E-state index in [1.54, 1.807) is 5.57 Å². The van der Waals surface area contributed by atoms with Crippen LogP contribution in [0.1, 0.15) is 113 Å². The van der Waals surface area contributed by atoms with Crippen molar-refractivity contribution in [2.24, 2.45) is 40.4 Å². The van der Waals surface area contributed by atoms with Gasteiger partial charge in [-0.25, -0.2) is 0 Å². The lowest BCUT2D eigenvalue weighted by atomic mass is 9.47. The van der Waals surface area contributed by atoms with E-state index in [2.05, 4.69) is 48.5 Å². The molecule has 0 saturated heterocycles. The maximum Gasteiger partial charge on any atom is 0.0568 e. The van der Waals surface area contributed by atoms with Crippen molar-refractivity contribution in [2.75, 3.05) is 0 Å². The number of fused-ring (bicyclic) bond motifs is 4. The van der Waals surface area contributed by atoms with Crippen LogP contribution in [0.3, 0.4) is 0 Å². The Morgan fingerprint density at radius 3 is 2.47 bits per heavy atom. The molecule has 0 amide bonds. The van der Waals surface area contributed by atoms with Crippen molar-refractivity contribution < 1.29 is 5.11 Å². The van der Waals surface area contributed by atoms with Crippen molar-refractivity contribution in [3.63, 3.8) is 0 Å². The van der Waals surface area contributed by atoms with E-state index in [0.29, 0.717) is 16.7 Å². The fourth-order valence-electron chi connectivity index (χ4n) is 8.79. The van der Waals surface area contributed by atoms with Gasteiger partial charge in [-0.3, -0.25) is 0 Å². The monoisotopic (exact) mass is 412 g/mol. The van der Waals surface area contributed by atoms with E-state index >= 15 is 0 Å². The van der Waals surface area contributed by atoms with Crippen LogP contribution < -0.4 is 0 Å². The zero-order valence-electron chi connectivity index (χ0n) is 21.0. The Morgan fingerprint density at radius 2 is 1.77 bits per heavy atom. The van der Waals surface area contributed by atoms with E-state index < -0.39 is 0 Å². The molecule has 3 saturated carbocycles. The zero-order chi connectivity index (χ0) is 21.8. The fraction of sp³-hybridized carbons (Fsp3) is 0.862. The summed E-state index contributed by atoms with van der Waals surface area (Å²) in [6.45, 7) is 17.0. The summed E-state index contributed by atoms with van der Waals surface area (Å²) in [6, 6.07) is 0. The lowest BCUT2D eigenvalue weighted by Crippen LogP contribution is -2.51. The van der Waals surface area contributed by atoms with Crippen LogP contribution in [0.15, 0.2) is 22.3 Å². The average Bonchev–Trinajstić information content (AvgIpc) is 3.06. The summed E-state index contributed by atoms with van der Waals surface area (Å²) in [6.07, 6.45) is 13.1. The molecule has 1 nitrogen and oxygen atoms in total. The van der Waals surface area contributed by atoms with Crippen molar-refractivity contribution in [2.45, 2.75) is 119 Å². The molecule has 4 aliphatic rings. The fourth-order valence-corrected chi connectivity index (χ4v) is 8.79. The van der Waals surface area contributed by atoms with Crippen LogP contribution in [0, 0.1) is 40.4 Å². The minimum atomic E-state index is -0.0629. The Labute approximate surface area is 186 Å². The molecule has 30 heavy (non-hydrogen) atoms. The number of hydrogen-bond acceptors (Lipinski definition) is 1. The first-order valence-electron chi connectivity index (χ1n) is 13.1. The molecule has 0 aliphatic heterocycles. The summed E-state index contributed by atoms with van der Waals surface area (Å²) < 4.78 is 0. The number of hydrogen-bond donors (Lipinski definition) is 1. The number of aliphatic hydroxyl groups excluding tert-OH is 1. The SMILES string of the molecule is CC(C)=C(C)CC[C@@H](C)[C@H]1CCC2=C3CC[C@H]4[C@H](C)[C@@H](O)CC[C@]4(C)[C@H]3CC[C@@]21C. The third-order valence-electron chi connectivity index (χ3n) is 11.1. The van der Waals surface area contributed by atoms with Crippen LogP contribution in [0.4, 0.5) is 0 Å². The maximum absolute atomic E-state index is 10.5. The second kappa shape index (κ2) is 8.09. The summed E-state index contributed by atoms with van der Waals surface area (Å²) in [5, 5.41) is 10.5. The quantitative estimate of drug-likeness (QED) is 0.462. The van der Waals surface area contributed by atoms with Gasteiger partial charge in [-0.05, 0) is 125 Å². The highest BCUT2D eigenvalue weighted by Crippen LogP contribution is 2.66. The molecule has 0 aromatic rings. The first kappa shape index (κ1) is 22.6. The van der Waals surface area contributed by atoms with Crippen LogP contribution in [0.25, 0.3) is 0 Å². The Hall–Kier alpha value is -0.560. The third-order valence-corrected chi connectivity index (χ3v) is 11.1. The van der Waals surface area contributed by atoms with Crippen LogP contribution in [0.2, 0.25) is 0 Å². The highest BCUT2D eigenvalue weighted by atomic mass is 16.3. The summed E-state index contributed by atoms with van der Waals surface area (Å²) in [5.41, 5.74) is 7.83. The van der Waals surface area contributed by atoms with Gasteiger partial charge >= 0.3 is 0 Å². The van der Waals surface area contributed by atoms with Gasteiger partial charge in [0.25, 0.3) is 0 Å². The molecule has 0 bridgehead atoms. The molecule has 4 aliphatic carbocycles. The summed E-state index contributed by atoms with van der Waals surface area (Å²) in [7, 11) is 0. The van der Waals surface area contributed by atoms with E-state index in [-0.39, 0.29) is 6.10 Å². The molecule has 1 heteroatoms. The summed E-state index contributed by atoms with van der Waals surface area (Å²) in [4.78, 5) is 0. The molecule has 3 fully saturated rings. The molecule has 0 heterocycles. The summed E-state index contributed by atoms with van der Waals surface area (Å²) in [5.74, 6) is 3.72. The van der Waals surface area contributed by atoms with E-state index in [9.17, 15) is 5.11 Å². The van der Waals surface area contributed by atoms with Crippen molar-refractivity contribution in [3.8, 4) is 0 Å². The normalized spacial score (nSPS) is 44.2. The van der Waals surface area contributed by atoms with Crippen molar-refractivity contribution in [1.82, 2.24) is 0 Å². The number of allylic oxidation sites excluding steroid dienone is 4. The second-order valence-electron chi connectivity index (χ2n) is 12.6. The van der Waals surface area contributed by atoms with Gasteiger partial charge in [-0.1, -0.05) is 50.0 Å². The van der Waals surface area contributed by atoms with Gasteiger partial charge in [0.2, 0.25) is 0 Å². The Balaban J connectivity index is 1.57. The van der Waals surface area contributed by atoms with Crippen LogP contribution in [-0.2, 0) is 0 Å². The highest BCUT2D eigenvalue weighted by Gasteiger charge is 2.56. The van der Waals surface area contributed by atoms with Gasteiger partial charge in [0.15, 0.2) is 0 Å². The minimum Gasteiger partial charge on any atom is -0.393 e. The molecule has 0 radical (unpaired) electrons. The molecular formula is C29H48O. The molecule has 8 atom stereocenters. The van der Waals surface area contributed by atoms with Crippen molar-refractivity contribution in [1.29, 1.82) is 0 Å². The van der Waals surface area contributed by atoms with Crippen molar-refractivity contribution >= 4 is 0 Å². The number of aliphatic hydroxyl groups is 1. The van der Waals surface area contributed by atoms with Crippen LogP contribution in [0.5, 0.6) is 0 Å². The number of rotatable bonds is 4. The van der Waals surface area contributed by atoms with Gasteiger partial charge in [0, 0.05) is 0 Å². The molecule has 1 N–H and O–H groups in total. The van der Waals surface area contributed by atoms with Gasteiger partial charge < -0.3 is 5.11 Å². The molecule has 4 rings (SSSR count). The maximum atomic E-state index is 10.5. The average molecular weight is 413 g/mol. The molecular weight excluding hydrogens is 364 g/mol. The van der Waals surface area contributed by atoms with Gasteiger partial charge in [0.1, 0.15) is 0 Å². The first-order valence-corrected chi connectivity index (χ1v) is 13.1. The van der Waals surface area contributed by atoms with Gasteiger partial charge in [0.05, 0.1) is 6.10 Å². The topological polar surface area (TPSA) is 20.2 Å². The van der Waals surface area contributed by atoms with Gasteiger partial charge in [-0.15, -0.1) is 0 Å². The molecule has 170 valence electrons. The largest absolute Gasteiger partial charge is 0.393 e.